The number of aliphatic carboxylic acids is 1. The number of amides is 1. The average molecular weight is 249 g/mol. The van der Waals surface area contributed by atoms with Crippen LogP contribution in [0.25, 0.3) is 0 Å². The molecule has 1 aromatic rings. The van der Waals surface area contributed by atoms with Crippen LogP contribution in [0, 0.1) is 6.92 Å². The summed E-state index contributed by atoms with van der Waals surface area (Å²) in [4.78, 5) is 24.3. The van der Waals surface area contributed by atoms with Gasteiger partial charge in [0.05, 0.1) is 7.11 Å². The van der Waals surface area contributed by atoms with Gasteiger partial charge in [0, 0.05) is 12.1 Å². The van der Waals surface area contributed by atoms with Crippen molar-refractivity contribution in [2.45, 2.75) is 25.8 Å². The number of aryl methyl sites for hydroxylation is 1. The molecule has 18 heavy (non-hydrogen) atoms. The summed E-state index contributed by atoms with van der Waals surface area (Å²) in [7, 11) is 1.56. The molecule has 1 N–H and O–H groups in total. The van der Waals surface area contributed by atoms with Crippen LogP contribution in [0.5, 0.6) is 5.75 Å². The number of carboxylic acid groups (broad SMARTS) is 1. The molecule has 96 valence electrons. The van der Waals surface area contributed by atoms with E-state index in [2.05, 4.69) is 0 Å². The molecule has 1 unspecified atom stereocenters. The van der Waals surface area contributed by atoms with Gasteiger partial charge in [-0.25, -0.2) is 4.79 Å². The van der Waals surface area contributed by atoms with Gasteiger partial charge in [0.2, 0.25) is 5.91 Å². The van der Waals surface area contributed by atoms with Crippen LogP contribution in [0.4, 0.5) is 5.69 Å². The normalized spacial score (nSPS) is 19.1. The zero-order valence-electron chi connectivity index (χ0n) is 10.3. The number of carbonyl (C=O) groups is 2. The first-order valence-electron chi connectivity index (χ1n) is 5.74. The average Bonchev–Trinajstić information content (AvgIpc) is 2.71. The van der Waals surface area contributed by atoms with Gasteiger partial charge >= 0.3 is 5.97 Å². The van der Waals surface area contributed by atoms with Crippen molar-refractivity contribution in [1.29, 1.82) is 0 Å². The quantitative estimate of drug-likeness (QED) is 0.883. The minimum absolute atomic E-state index is 0.143. The lowest BCUT2D eigenvalue weighted by Crippen LogP contribution is -2.38. The Balaban J connectivity index is 2.40. The van der Waals surface area contributed by atoms with Crippen molar-refractivity contribution in [1.82, 2.24) is 0 Å². The molecular weight excluding hydrogens is 234 g/mol. The number of methoxy groups -OCH3 is 1. The van der Waals surface area contributed by atoms with E-state index < -0.39 is 12.0 Å². The molecule has 0 spiro atoms. The molecule has 0 bridgehead atoms. The second-order valence-corrected chi connectivity index (χ2v) is 4.31. The number of benzene rings is 1. The Bertz CT molecular complexity index is 498. The summed E-state index contributed by atoms with van der Waals surface area (Å²) >= 11 is 0. The maximum atomic E-state index is 11.8. The van der Waals surface area contributed by atoms with E-state index in [1.807, 2.05) is 6.92 Å². The summed E-state index contributed by atoms with van der Waals surface area (Å²) in [6.45, 7) is 1.84. The predicted octanol–water partition coefficient (Wildman–Crippen LogP) is 1.58. The van der Waals surface area contributed by atoms with Crippen molar-refractivity contribution in [3.8, 4) is 5.75 Å². The van der Waals surface area contributed by atoms with Crippen LogP contribution in [-0.4, -0.2) is 30.1 Å². The van der Waals surface area contributed by atoms with Gasteiger partial charge in [-0.15, -0.1) is 0 Å². The molecule has 0 radical (unpaired) electrons. The van der Waals surface area contributed by atoms with Gasteiger partial charge in [0.25, 0.3) is 0 Å². The van der Waals surface area contributed by atoms with Crippen molar-refractivity contribution >= 4 is 17.6 Å². The fraction of sp³-hybridized carbons (Fsp3) is 0.385. The number of hydrogen-bond acceptors (Lipinski definition) is 3. The fourth-order valence-electron chi connectivity index (χ4n) is 2.24. The number of carboxylic acids is 1. The third kappa shape index (κ3) is 2.03. The van der Waals surface area contributed by atoms with Crippen molar-refractivity contribution in [3.05, 3.63) is 23.8 Å². The molecule has 5 nitrogen and oxygen atoms in total. The van der Waals surface area contributed by atoms with Gasteiger partial charge in [0.15, 0.2) is 0 Å². The standard InChI is InChI=1S/C13H15NO4/c1-8-7-9(18-2)3-4-10(8)14-11(13(16)17)5-6-12(14)15/h3-4,7,11H,5-6H2,1-2H3,(H,16,17). The first-order valence-corrected chi connectivity index (χ1v) is 5.74. The summed E-state index contributed by atoms with van der Waals surface area (Å²) < 4.78 is 5.09. The molecule has 1 aliphatic heterocycles. The van der Waals surface area contributed by atoms with E-state index in [0.717, 1.165) is 5.56 Å². The topological polar surface area (TPSA) is 66.8 Å². The second-order valence-electron chi connectivity index (χ2n) is 4.31. The lowest BCUT2D eigenvalue weighted by Gasteiger charge is -2.23. The maximum Gasteiger partial charge on any atom is 0.326 e. The number of rotatable bonds is 3. The molecule has 1 aliphatic rings. The summed E-state index contributed by atoms with van der Waals surface area (Å²) in [6, 6.07) is 4.49. The van der Waals surface area contributed by atoms with E-state index in [-0.39, 0.29) is 12.3 Å². The molecule has 0 aromatic heterocycles. The Morgan fingerprint density at radius 1 is 1.50 bits per heavy atom. The van der Waals surface area contributed by atoms with E-state index >= 15 is 0 Å². The minimum atomic E-state index is -0.962. The van der Waals surface area contributed by atoms with Gasteiger partial charge < -0.3 is 9.84 Å². The molecule has 1 fully saturated rings. The lowest BCUT2D eigenvalue weighted by atomic mass is 10.1. The number of carbonyl (C=O) groups excluding carboxylic acids is 1. The Labute approximate surface area is 105 Å². The predicted molar refractivity (Wildman–Crippen MR) is 65.9 cm³/mol. The molecular formula is C13H15NO4. The number of anilines is 1. The molecule has 1 saturated heterocycles. The van der Waals surface area contributed by atoms with E-state index in [0.29, 0.717) is 17.9 Å². The molecule has 5 heteroatoms. The van der Waals surface area contributed by atoms with Crippen molar-refractivity contribution in [2.24, 2.45) is 0 Å². The molecule has 1 atom stereocenters. The zero-order valence-corrected chi connectivity index (χ0v) is 10.3. The van der Waals surface area contributed by atoms with Crippen LogP contribution >= 0.6 is 0 Å². The largest absolute Gasteiger partial charge is 0.497 e. The minimum Gasteiger partial charge on any atom is -0.497 e. The molecule has 0 aliphatic carbocycles. The van der Waals surface area contributed by atoms with Gasteiger partial charge in [-0.05, 0) is 37.1 Å². The maximum absolute atomic E-state index is 11.8. The third-order valence-electron chi connectivity index (χ3n) is 3.16. The fourth-order valence-corrected chi connectivity index (χ4v) is 2.24. The Kier molecular flexibility index (Phi) is 3.23. The Hall–Kier alpha value is -2.04. The smallest absolute Gasteiger partial charge is 0.326 e. The van der Waals surface area contributed by atoms with Gasteiger partial charge in [-0.2, -0.15) is 0 Å². The number of ether oxygens (including phenoxy) is 1. The highest BCUT2D eigenvalue weighted by Crippen LogP contribution is 2.31. The van der Waals surface area contributed by atoms with Crippen LogP contribution in [-0.2, 0) is 9.59 Å². The van der Waals surface area contributed by atoms with E-state index in [1.165, 1.54) is 4.90 Å². The number of nitrogens with zero attached hydrogens (tertiary/aromatic N) is 1. The van der Waals surface area contributed by atoms with Crippen LogP contribution in [0.2, 0.25) is 0 Å². The Morgan fingerprint density at radius 3 is 2.78 bits per heavy atom. The molecule has 2 rings (SSSR count). The summed E-state index contributed by atoms with van der Waals surface area (Å²) in [5.41, 5.74) is 1.47. The van der Waals surface area contributed by atoms with Gasteiger partial charge in [-0.3, -0.25) is 9.69 Å². The van der Waals surface area contributed by atoms with Crippen LogP contribution in [0.1, 0.15) is 18.4 Å². The zero-order chi connectivity index (χ0) is 13.3. The Morgan fingerprint density at radius 2 is 2.22 bits per heavy atom. The lowest BCUT2D eigenvalue weighted by molar-refractivity contribution is -0.138. The van der Waals surface area contributed by atoms with E-state index in [1.54, 1.807) is 25.3 Å². The van der Waals surface area contributed by atoms with Crippen LogP contribution in [0.15, 0.2) is 18.2 Å². The van der Waals surface area contributed by atoms with Gasteiger partial charge in [0.1, 0.15) is 11.8 Å². The highest BCUT2D eigenvalue weighted by molar-refractivity contribution is 6.02. The van der Waals surface area contributed by atoms with Crippen LogP contribution in [0.3, 0.4) is 0 Å². The van der Waals surface area contributed by atoms with Crippen molar-refractivity contribution < 1.29 is 19.4 Å². The monoisotopic (exact) mass is 249 g/mol. The molecule has 1 heterocycles. The summed E-state index contributed by atoms with van der Waals surface area (Å²) in [5.74, 6) is -0.415. The highest BCUT2D eigenvalue weighted by atomic mass is 16.5. The van der Waals surface area contributed by atoms with Crippen molar-refractivity contribution in [2.75, 3.05) is 12.0 Å². The highest BCUT2D eigenvalue weighted by Gasteiger charge is 2.37. The molecule has 1 aromatic carbocycles. The van der Waals surface area contributed by atoms with Crippen LogP contribution < -0.4 is 9.64 Å². The number of hydrogen-bond donors (Lipinski definition) is 1. The summed E-state index contributed by atoms with van der Waals surface area (Å²) in [6.07, 6.45) is 0.641. The third-order valence-corrected chi connectivity index (χ3v) is 3.16. The SMILES string of the molecule is COc1ccc(N2C(=O)CCC2C(=O)O)c(C)c1. The summed E-state index contributed by atoms with van der Waals surface area (Å²) in [5, 5.41) is 9.14. The van der Waals surface area contributed by atoms with E-state index in [9.17, 15) is 9.59 Å². The first kappa shape index (κ1) is 12.4. The second kappa shape index (κ2) is 4.68. The molecule has 0 saturated carbocycles. The first-order chi connectivity index (χ1) is 8.54. The van der Waals surface area contributed by atoms with E-state index in [4.69, 9.17) is 9.84 Å². The molecule has 1 amide bonds. The van der Waals surface area contributed by atoms with Gasteiger partial charge in [-0.1, -0.05) is 0 Å². The van der Waals surface area contributed by atoms with Crippen molar-refractivity contribution in [3.63, 3.8) is 0 Å².